The third kappa shape index (κ3) is 4.03. The van der Waals surface area contributed by atoms with Gasteiger partial charge in [-0.1, -0.05) is 146 Å². The molecule has 0 heteroatoms. The second-order valence-corrected chi connectivity index (χ2v) is 10.4. The molecule has 0 saturated heterocycles. The van der Waals surface area contributed by atoms with Gasteiger partial charge in [0.05, 0.1) is 0 Å². The zero-order valence-electron chi connectivity index (χ0n) is 21.4. The maximum atomic E-state index is 2.44. The maximum absolute atomic E-state index is 2.44. The van der Waals surface area contributed by atoms with Gasteiger partial charge in [-0.15, -0.1) is 0 Å². The molecule has 0 saturated carbocycles. The van der Waals surface area contributed by atoms with Gasteiger partial charge in [-0.05, 0) is 61.9 Å². The zero-order chi connectivity index (χ0) is 25.3. The largest absolute Gasteiger partial charge is 0.0836 e. The first kappa shape index (κ1) is 22.8. The molecule has 0 fully saturated rings. The van der Waals surface area contributed by atoms with Crippen LogP contribution in [-0.4, -0.2) is 0 Å². The predicted octanol–water partition coefficient (Wildman–Crippen LogP) is 7.72. The van der Waals surface area contributed by atoms with Crippen LogP contribution in [0.3, 0.4) is 0 Å². The van der Waals surface area contributed by atoms with E-state index >= 15 is 0 Å². The standard InChI is InChI=1S/C38H30/c1-3-13-27(14-4-1)29-17-11-19-31(25-29)37-33-21-7-9-23-35(33)38(36-24-10-8-22-34(36)37)32-20-12-18-30(26-32)28-15-5-2-6-16-28/h1-15,17-26,28,33,35H,16H2. The van der Waals surface area contributed by atoms with Gasteiger partial charge in [-0.25, -0.2) is 0 Å². The smallest absolute Gasteiger partial charge is 0.0137 e. The topological polar surface area (TPSA) is 0 Å². The SMILES string of the molecule is C1=CCC(c2cccc(C3=c4ccccc4=C(c4cccc(-c5ccccc5)c4)C4C=CC=CC34)c2)C=C1. The van der Waals surface area contributed by atoms with E-state index in [0.29, 0.717) is 11.8 Å². The van der Waals surface area contributed by atoms with Gasteiger partial charge in [0.25, 0.3) is 0 Å². The summed E-state index contributed by atoms with van der Waals surface area (Å²) in [4.78, 5) is 0. The highest BCUT2D eigenvalue weighted by molar-refractivity contribution is 5.82. The Kier molecular flexibility index (Phi) is 5.87. The lowest BCUT2D eigenvalue weighted by Gasteiger charge is -2.33. The Morgan fingerprint density at radius 1 is 0.447 bits per heavy atom. The van der Waals surface area contributed by atoms with Crippen LogP contribution >= 0.6 is 0 Å². The minimum absolute atomic E-state index is 0.289. The van der Waals surface area contributed by atoms with Crippen LogP contribution in [0.1, 0.15) is 29.0 Å². The van der Waals surface area contributed by atoms with Gasteiger partial charge in [0, 0.05) is 17.8 Å². The van der Waals surface area contributed by atoms with Crippen LogP contribution in [0.2, 0.25) is 0 Å². The summed E-state index contributed by atoms with van der Waals surface area (Å²) in [6, 6.07) is 38.1. The maximum Gasteiger partial charge on any atom is 0.0137 e. The molecule has 0 heterocycles. The van der Waals surface area contributed by atoms with Crippen molar-refractivity contribution in [3.8, 4) is 11.1 Å². The van der Waals surface area contributed by atoms with Crippen LogP contribution < -0.4 is 10.4 Å². The Labute approximate surface area is 225 Å². The Hall–Kier alpha value is -4.42. The molecule has 3 aliphatic rings. The second-order valence-electron chi connectivity index (χ2n) is 10.4. The average molecular weight is 487 g/mol. The van der Waals surface area contributed by atoms with E-state index in [-0.39, 0.29) is 5.92 Å². The first-order valence-corrected chi connectivity index (χ1v) is 13.6. The molecule has 4 aromatic carbocycles. The molecule has 3 unspecified atom stereocenters. The minimum Gasteiger partial charge on any atom is -0.0836 e. The Morgan fingerprint density at radius 3 is 1.71 bits per heavy atom. The van der Waals surface area contributed by atoms with E-state index in [1.54, 1.807) is 0 Å². The number of hydrogen-bond acceptors (Lipinski definition) is 0. The lowest BCUT2D eigenvalue weighted by Crippen LogP contribution is -2.40. The molecule has 0 aromatic heterocycles. The monoisotopic (exact) mass is 486 g/mol. The van der Waals surface area contributed by atoms with E-state index in [0.717, 1.165) is 6.42 Å². The van der Waals surface area contributed by atoms with Crippen molar-refractivity contribution >= 4 is 11.1 Å². The number of fused-ring (bicyclic) bond motifs is 2. The molecule has 0 bridgehead atoms. The third-order valence-electron chi connectivity index (χ3n) is 8.20. The summed E-state index contributed by atoms with van der Waals surface area (Å²) in [6.45, 7) is 0. The molecule has 182 valence electrons. The van der Waals surface area contributed by atoms with Crippen LogP contribution in [0.5, 0.6) is 0 Å². The van der Waals surface area contributed by atoms with Crippen LogP contribution in [-0.2, 0) is 0 Å². The number of allylic oxidation sites excluding steroid dienone is 8. The van der Waals surface area contributed by atoms with E-state index in [1.807, 2.05) is 0 Å². The van der Waals surface area contributed by atoms with E-state index in [2.05, 4.69) is 152 Å². The number of benzene rings is 4. The van der Waals surface area contributed by atoms with Crippen molar-refractivity contribution in [1.29, 1.82) is 0 Å². The molecule has 3 aliphatic carbocycles. The molecule has 3 atom stereocenters. The fourth-order valence-corrected chi connectivity index (χ4v) is 6.43. The van der Waals surface area contributed by atoms with Crippen molar-refractivity contribution < 1.29 is 0 Å². The fraction of sp³-hybridized carbons (Fsp3) is 0.105. The first-order valence-electron chi connectivity index (χ1n) is 13.6. The van der Waals surface area contributed by atoms with Gasteiger partial charge in [0.2, 0.25) is 0 Å². The Morgan fingerprint density at radius 2 is 1.03 bits per heavy atom. The molecular weight excluding hydrogens is 456 g/mol. The highest BCUT2D eigenvalue weighted by atomic mass is 14.3. The molecule has 0 aliphatic heterocycles. The van der Waals surface area contributed by atoms with Crippen molar-refractivity contribution in [2.24, 2.45) is 11.8 Å². The summed E-state index contributed by atoms with van der Waals surface area (Å²) in [5.41, 5.74) is 9.41. The van der Waals surface area contributed by atoms with E-state index in [1.165, 1.54) is 49.4 Å². The van der Waals surface area contributed by atoms with Crippen LogP contribution in [0.15, 0.2) is 152 Å². The second kappa shape index (κ2) is 9.80. The van der Waals surface area contributed by atoms with E-state index in [4.69, 9.17) is 0 Å². The van der Waals surface area contributed by atoms with Crippen LogP contribution in [0.4, 0.5) is 0 Å². The summed E-state index contributed by atoms with van der Waals surface area (Å²) in [7, 11) is 0. The number of rotatable bonds is 4. The molecule has 0 spiro atoms. The molecule has 0 nitrogen and oxygen atoms in total. The molecule has 7 rings (SSSR count). The molecule has 4 aromatic rings. The van der Waals surface area contributed by atoms with E-state index < -0.39 is 0 Å². The highest BCUT2D eigenvalue weighted by Gasteiger charge is 2.32. The van der Waals surface area contributed by atoms with Gasteiger partial charge < -0.3 is 0 Å². The third-order valence-corrected chi connectivity index (χ3v) is 8.20. The summed E-state index contributed by atoms with van der Waals surface area (Å²) in [5.74, 6) is 1.03. The normalized spacial score (nSPS) is 21.3. The molecule has 0 amide bonds. The fourth-order valence-electron chi connectivity index (χ4n) is 6.43. The Balaban J connectivity index is 1.46. The molecule has 0 N–H and O–H groups in total. The molecule has 0 radical (unpaired) electrons. The minimum atomic E-state index is 0.289. The van der Waals surface area contributed by atoms with Gasteiger partial charge in [-0.3, -0.25) is 0 Å². The van der Waals surface area contributed by atoms with Crippen molar-refractivity contribution in [3.63, 3.8) is 0 Å². The van der Waals surface area contributed by atoms with Crippen LogP contribution in [0, 0.1) is 11.8 Å². The average Bonchev–Trinajstić information content (AvgIpc) is 3.01. The first-order chi connectivity index (χ1) is 18.9. The van der Waals surface area contributed by atoms with Gasteiger partial charge in [0.1, 0.15) is 0 Å². The van der Waals surface area contributed by atoms with Crippen molar-refractivity contribution in [2.45, 2.75) is 12.3 Å². The molecular formula is C38H30. The zero-order valence-corrected chi connectivity index (χ0v) is 21.4. The summed E-state index contributed by atoms with van der Waals surface area (Å²) >= 11 is 0. The van der Waals surface area contributed by atoms with Gasteiger partial charge in [-0.2, -0.15) is 0 Å². The van der Waals surface area contributed by atoms with Crippen molar-refractivity contribution in [3.05, 3.63) is 179 Å². The number of hydrogen-bond donors (Lipinski definition) is 0. The van der Waals surface area contributed by atoms with Gasteiger partial charge >= 0.3 is 0 Å². The summed E-state index contributed by atoms with van der Waals surface area (Å²) in [6.07, 6.45) is 19.3. The lowest BCUT2D eigenvalue weighted by molar-refractivity contribution is 0.686. The predicted molar refractivity (Wildman–Crippen MR) is 160 cm³/mol. The van der Waals surface area contributed by atoms with E-state index in [9.17, 15) is 0 Å². The van der Waals surface area contributed by atoms with Crippen LogP contribution in [0.25, 0.3) is 22.3 Å². The van der Waals surface area contributed by atoms with Crippen molar-refractivity contribution in [1.82, 2.24) is 0 Å². The van der Waals surface area contributed by atoms with Gasteiger partial charge in [0.15, 0.2) is 0 Å². The highest BCUT2D eigenvalue weighted by Crippen LogP contribution is 2.41. The lowest BCUT2D eigenvalue weighted by atomic mass is 9.70. The quantitative estimate of drug-likeness (QED) is 0.277. The summed E-state index contributed by atoms with van der Waals surface area (Å²) < 4.78 is 0. The Bertz CT molecular complexity index is 1740. The summed E-state index contributed by atoms with van der Waals surface area (Å²) in [5, 5.41) is 2.70. The van der Waals surface area contributed by atoms with Crippen molar-refractivity contribution in [2.75, 3.05) is 0 Å². The molecule has 38 heavy (non-hydrogen) atoms.